The molecule has 0 heterocycles. The van der Waals surface area contributed by atoms with Gasteiger partial charge in [-0.25, -0.2) is 0 Å². The lowest BCUT2D eigenvalue weighted by Gasteiger charge is -2.08. The van der Waals surface area contributed by atoms with Gasteiger partial charge in [0, 0.05) is 24.1 Å². The van der Waals surface area contributed by atoms with Crippen LogP contribution < -0.4 is 5.32 Å². The quantitative estimate of drug-likeness (QED) is 0.817. The summed E-state index contributed by atoms with van der Waals surface area (Å²) in [7, 11) is 0. The molecule has 0 aliphatic carbocycles. The molecular formula is C16H21NO2. The maximum atomic E-state index is 11.7. The monoisotopic (exact) mass is 259 g/mol. The van der Waals surface area contributed by atoms with Gasteiger partial charge in [0.15, 0.2) is 0 Å². The van der Waals surface area contributed by atoms with Crippen LogP contribution in [-0.2, 0) is 4.79 Å². The van der Waals surface area contributed by atoms with E-state index in [1.807, 2.05) is 39.0 Å². The zero-order valence-corrected chi connectivity index (χ0v) is 11.8. The molecule has 102 valence electrons. The van der Waals surface area contributed by atoms with Gasteiger partial charge in [0.25, 0.3) is 0 Å². The second-order valence-electron chi connectivity index (χ2n) is 5.01. The van der Waals surface area contributed by atoms with Crippen molar-refractivity contribution in [2.24, 2.45) is 5.92 Å². The van der Waals surface area contributed by atoms with Gasteiger partial charge in [0.2, 0.25) is 5.91 Å². The lowest BCUT2D eigenvalue weighted by Crippen LogP contribution is -2.14. The van der Waals surface area contributed by atoms with Gasteiger partial charge >= 0.3 is 0 Å². The standard InChI is InChI=1S/C16H21NO2/c1-12(2)8-16(19)17-15-10-13(3)9-14(11-15)6-4-5-7-18/h9-12,18H,5,7-8H2,1-3H3,(H,17,19). The first-order valence-electron chi connectivity index (χ1n) is 6.52. The molecule has 0 saturated carbocycles. The molecule has 0 radical (unpaired) electrons. The lowest BCUT2D eigenvalue weighted by atomic mass is 10.1. The smallest absolute Gasteiger partial charge is 0.224 e. The lowest BCUT2D eigenvalue weighted by molar-refractivity contribution is -0.116. The van der Waals surface area contributed by atoms with Gasteiger partial charge in [-0.05, 0) is 36.6 Å². The number of carbonyl (C=O) groups is 1. The summed E-state index contributed by atoms with van der Waals surface area (Å²) in [5.74, 6) is 6.22. The zero-order valence-electron chi connectivity index (χ0n) is 11.8. The summed E-state index contributed by atoms with van der Waals surface area (Å²) >= 11 is 0. The number of nitrogens with one attached hydrogen (secondary N) is 1. The highest BCUT2D eigenvalue weighted by Crippen LogP contribution is 2.15. The van der Waals surface area contributed by atoms with E-state index >= 15 is 0 Å². The highest BCUT2D eigenvalue weighted by Gasteiger charge is 2.06. The highest BCUT2D eigenvalue weighted by atomic mass is 16.2. The van der Waals surface area contributed by atoms with Crippen LogP contribution >= 0.6 is 0 Å². The summed E-state index contributed by atoms with van der Waals surface area (Å²) < 4.78 is 0. The van der Waals surface area contributed by atoms with Gasteiger partial charge in [-0.2, -0.15) is 0 Å². The number of aliphatic hydroxyl groups excluding tert-OH is 1. The summed E-state index contributed by atoms with van der Waals surface area (Å²) in [6.45, 7) is 6.06. The molecule has 0 aliphatic heterocycles. The number of carbonyl (C=O) groups excluding carboxylic acids is 1. The molecule has 1 aromatic carbocycles. The number of benzene rings is 1. The second-order valence-corrected chi connectivity index (χ2v) is 5.01. The third-order valence-electron chi connectivity index (χ3n) is 2.42. The number of rotatable bonds is 4. The molecular weight excluding hydrogens is 238 g/mol. The van der Waals surface area contributed by atoms with Crippen LogP contribution in [0.2, 0.25) is 0 Å². The first kappa shape index (κ1) is 15.3. The average Bonchev–Trinajstić information content (AvgIpc) is 2.27. The summed E-state index contributed by atoms with van der Waals surface area (Å²) in [4.78, 5) is 11.7. The maximum absolute atomic E-state index is 11.7. The molecule has 0 unspecified atom stereocenters. The minimum absolute atomic E-state index is 0.0230. The normalized spacial score (nSPS) is 9.95. The molecule has 0 fully saturated rings. The van der Waals surface area contributed by atoms with E-state index in [0.717, 1.165) is 16.8 Å². The van der Waals surface area contributed by atoms with Crippen LogP contribution in [0, 0.1) is 24.7 Å². The van der Waals surface area contributed by atoms with Gasteiger partial charge in [-0.1, -0.05) is 25.7 Å². The summed E-state index contributed by atoms with van der Waals surface area (Å²) in [5, 5.41) is 11.6. The van der Waals surface area contributed by atoms with Crippen LogP contribution in [0.4, 0.5) is 5.69 Å². The molecule has 0 aromatic heterocycles. The van der Waals surface area contributed by atoms with Gasteiger partial charge in [0.05, 0.1) is 6.61 Å². The van der Waals surface area contributed by atoms with Crippen LogP contribution in [0.3, 0.4) is 0 Å². The summed E-state index contributed by atoms with van der Waals surface area (Å²) in [6, 6.07) is 5.74. The topological polar surface area (TPSA) is 49.3 Å². The van der Waals surface area contributed by atoms with E-state index in [4.69, 9.17) is 5.11 Å². The van der Waals surface area contributed by atoms with Crippen molar-refractivity contribution in [3.05, 3.63) is 29.3 Å². The van der Waals surface area contributed by atoms with E-state index in [1.54, 1.807) is 0 Å². The molecule has 0 bridgehead atoms. The fourth-order valence-electron chi connectivity index (χ4n) is 1.73. The molecule has 3 heteroatoms. The number of anilines is 1. The molecule has 0 saturated heterocycles. The SMILES string of the molecule is Cc1cc(C#CCCO)cc(NC(=O)CC(C)C)c1. The van der Waals surface area contributed by atoms with Gasteiger partial charge in [0.1, 0.15) is 0 Å². The average molecular weight is 259 g/mol. The van der Waals surface area contributed by atoms with E-state index in [0.29, 0.717) is 18.8 Å². The second kappa shape index (κ2) is 7.60. The maximum Gasteiger partial charge on any atom is 0.224 e. The van der Waals surface area contributed by atoms with Crippen molar-refractivity contribution in [1.82, 2.24) is 0 Å². The highest BCUT2D eigenvalue weighted by molar-refractivity contribution is 5.91. The minimum atomic E-state index is 0.0230. The Hall–Kier alpha value is -1.79. The van der Waals surface area contributed by atoms with Gasteiger partial charge < -0.3 is 10.4 Å². The number of aliphatic hydroxyl groups is 1. The van der Waals surface area contributed by atoms with E-state index in [1.165, 1.54) is 0 Å². The Morgan fingerprint density at radius 3 is 2.74 bits per heavy atom. The fourth-order valence-corrected chi connectivity index (χ4v) is 1.73. The molecule has 1 amide bonds. The van der Waals surface area contributed by atoms with Crippen molar-refractivity contribution in [1.29, 1.82) is 0 Å². The van der Waals surface area contributed by atoms with Crippen molar-refractivity contribution in [3.8, 4) is 11.8 Å². The number of amides is 1. The van der Waals surface area contributed by atoms with E-state index in [9.17, 15) is 4.79 Å². The van der Waals surface area contributed by atoms with E-state index in [2.05, 4.69) is 17.2 Å². The van der Waals surface area contributed by atoms with Crippen LogP contribution in [-0.4, -0.2) is 17.6 Å². The minimum Gasteiger partial charge on any atom is -0.395 e. The van der Waals surface area contributed by atoms with Crippen LogP contribution in [0.25, 0.3) is 0 Å². The van der Waals surface area contributed by atoms with Crippen LogP contribution in [0.5, 0.6) is 0 Å². The Morgan fingerprint density at radius 1 is 1.37 bits per heavy atom. The Kier molecular flexibility index (Phi) is 6.11. The Bertz CT molecular complexity index is 495. The Labute approximate surface area is 115 Å². The summed E-state index contributed by atoms with van der Waals surface area (Å²) in [6.07, 6.45) is 0.975. The summed E-state index contributed by atoms with van der Waals surface area (Å²) in [5.41, 5.74) is 2.68. The van der Waals surface area contributed by atoms with Crippen LogP contribution in [0.1, 0.15) is 37.8 Å². The molecule has 19 heavy (non-hydrogen) atoms. The predicted molar refractivity (Wildman–Crippen MR) is 77.8 cm³/mol. The van der Waals surface area contributed by atoms with Crippen molar-refractivity contribution >= 4 is 11.6 Å². The van der Waals surface area contributed by atoms with E-state index < -0.39 is 0 Å². The third-order valence-corrected chi connectivity index (χ3v) is 2.42. The number of hydrogen-bond acceptors (Lipinski definition) is 2. The van der Waals surface area contributed by atoms with Gasteiger partial charge in [-0.15, -0.1) is 0 Å². The number of hydrogen-bond donors (Lipinski definition) is 2. The van der Waals surface area contributed by atoms with Crippen molar-refractivity contribution in [2.75, 3.05) is 11.9 Å². The zero-order chi connectivity index (χ0) is 14.3. The molecule has 1 rings (SSSR count). The third kappa shape index (κ3) is 6.08. The fraction of sp³-hybridized carbons (Fsp3) is 0.438. The van der Waals surface area contributed by atoms with Crippen LogP contribution in [0.15, 0.2) is 18.2 Å². The molecule has 3 nitrogen and oxygen atoms in total. The Morgan fingerprint density at radius 2 is 2.11 bits per heavy atom. The van der Waals surface area contributed by atoms with Crippen molar-refractivity contribution in [3.63, 3.8) is 0 Å². The number of aryl methyl sites for hydroxylation is 1. The first-order chi connectivity index (χ1) is 9.01. The van der Waals surface area contributed by atoms with Crippen molar-refractivity contribution in [2.45, 2.75) is 33.6 Å². The van der Waals surface area contributed by atoms with E-state index in [-0.39, 0.29) is 12.5 Å². The van der Waals surface area contributed by atoms with Crippen molar-refractivity contribution < 1.29 is 9.90 Å². The molecule has 1 aromatic rings. The Balaban J connectivity index is 2.80. The first-order valence-corrected chi connectivity index (χ1v) is 6.52. The van der Waals surface area contributed by atoms with Gasteiger partial charge in [-0.3, -0.25) is 4.79 Å². The predicted octanol–water partition coefficient (Wildman–Crippen LogP) is 2.71. The molecule has 2 N–H and O–H groups in total. The molecule has 0 aliphatic rings. The molecule has 0 spiro atoms. The largest absolute Gasteiger partial charge is 0.395 e. The molecule has 0 atom stereocenters.